The van der Waals surface area contributed by atoms with Gasteiger partial charge in [0.1, 0.15) is 5.60 Å². The number of esters is 1. The predicted molar refractivity (Wildman–Crippen MR) is 108 cm³/mol. The lowest BCUT2D eigenvalue weighted by Gasteiger charge is -2.19. The standard InChI is InChI=1S/C20H23BrN2O3/c1-13-11-14(12-18(24)26-20(2,3)4)9-10-16(13)22-19(25)23-17-8-6-5-7-15(17)21/h5-11H,12H2,1-4H3,(H2,22,23,25). The van der Waals surface area contributed by atoms with Crippen molar-refractivity contribution in [2.45, 2.75) is 39.7 Å². The summed E-state index contributed by atoms with van der Waals surface area (Å²) < 4.78 is 6.14. The SMILES string of the molecule is Cc1cc(CC(=O)OC(C)(C)C)ccc1NC(=O)Nc1ccccc1Br. The number of rotatable bonds is 4. The third kappa shape index (κ3) is 6.19. The Morgan fingerprint density at radius 3 is 2.31 bits per heavy atom. The Kier molecular flexibility index (Phi) is 6.42. The van der Waals surface area contributed by atoms with E-state index >= 15 is 0 Å². The molecular formula is C20H23BrN2O3. The second-order valence-electron chi connectivity index (χ2n) is 6.97. The number of carbonyl (C=O) groups is 2. The van der Waals surface area contributed by atoms with E-state index in [0.29, 0.717) is 11.4 Å². The quantitative estimate of drug-likeness (QED) is 0.663. The Bertz CT molecular complexity index is 813. The van der Waals surface area contributed by atoms with Crippen molar-refractivity contribution in [1.29, 1.82) is 0 Å². The van der Waals surface area contributed by atoms with Crippen molar-refractivity contribution in [1.82, 2.24) is 0 Å². The lowest BCUT2D eigenvalue weighted by Crippen LogP contribution is -2.25. The Labute approximate surface area is 162 Å². The number of aryl methyl sites for hydroxylation is 1. The average molecular weight is 419 g/mol. The van der Waals surface area contributed by atoms with Gasteiger partial charge in [-0.25, -0.2) is 4.79 Å². The fourth-order valence-electron chi connectivity index (χ4n) is 2.36. The molecule has 0 unspecified atom stereocenters. The third-order valence-corrected chi connectivity index (χ3v) is 4.12. The molecule has 5 nitrogen and oxygen atoms in total. The highest BCUT2D eigenvalue weighted by Gasteiger charge is 2.17. The molecule has 0 bridgehead atoms. The van der Waals surface area contributed by atoms with Crippen LogP contribution in [0, 0.1) is 6.92 Å². The largest absolute Gasteiger partial charge is 0.460 e. The molecule has 6 heteroatoms. The van der Waals surface area contributed by atoms with E-state index in [4.69, 9.17) is 4.74 Å². The van der Waals surface area contributed by atoms with Crippen molar-refractivity contribution in [3.63, 3.8) is 0 Å². The highest BCUT2D eigenvalue weighted by atomic mass is 79.9. The van der Waals surface area contributed by atoms with Crippen LogP contribution in [0.1, 0.15) is 31.9 Å². The molecule has 0 atom stereocenters. The minimum Gasteiger partial charge on any atom is -0.460 e. The Morgan fingerprint density at radius 2 is 1.69 bits per heavy atom. The molecule has 2 aromatic rings. The number of halogens is 1. The van der Waals surface area contributed by atoms with Gasteiger partial charge in [0, 0.05) is 10.2 Å². The smallest absolute Gasteiger partial charge is 0.323 e. The van der Waals surface area contributed by atoms with Gasteiger partial charge in [-0.15, -0.1) is 0 Å². The van der Waals surface area contributed by atoms with Gasteiger partial charge in [-0.2, -0.15) is 0 Å². The lowest BCUT2D eigenvalue weighted by molar-refractivity contribution is -0.153. The summed E-state index contributed by atoms with van der Waals surface area (Å²) in [6.07, 6.45) is 0.196. The molecule has 0 radical (unpaired) electrons. The van der Waals surface area contributed by atoms with Crippen molar-refractivity contribution < 1.29 is 14.3 Å². The van der Waals surface area contributed by atoms with Gasteiger partial charge in [0.15, 0.2) is 0 Å². The van der Waals surface area contributed by atoms with Gasteiger partial charge in [-0.05, 0) is 73.0 Å². The van der Waals surface area contributed by atoms with Gasteiger partial charge in [-0.1, -0.05) is 24.3 Å². The van der Waals surface area contributed by atoms with Gasteiger partial charge >= 0.3 is 12.0 Å². The first-order valence-electron chi connectivity index (χ1n) is 8.28. The van der Waals surface area contributed by atoms with E-state index in [1.54, 1.807) is 12.1 Å². The van der Waals surface area contributed by atoms with Crippen molar-refractivity contribution in [2.24, 2.45) is 0 Å². The van der Waals surface area contributed by atoms with E-state index in [0.717, 1.165) is 15.6 Å². The van der Waals surface area contributed by atoms with Crippen LogP contribution in [0.5, 0.6) is 0 Å². The van der Waals surface area contributed by atoms with Crippen LogP contribution < -0.4 is 10.6 Å². The number of para-hydroxylation sites is 1. The van der Waals surface area contributed by atoms with E-state index in [1.807, 2.05) is 58.0 Å². The summed E-state index contributed by atoms with van der Waals surface area (Å²) in [7, 11) is 0. The van der Waals surface area contributed by atoms with E-state index < -0.39 is 5.60 Å². The molecule has 0 fully saturated rings. The number of urea groups is 1. The van der Waals surface area contributed by atoms with Crippen molar-refractivity contribution in [3.8, 4) is 0 Å². The maximum atomic E-state index is 12.2. The van der Waals surface area contributed by atoms with Crippen LogP contribution >= 0.6 is 15.9 Å². The molecule has 2 rings (SSSR count). The van der Waals surface area contributed by atoms with Crippen LogP contribution in [0.4, 0.5) is 16.2 Å². The lowest BCUT2D eigenvalue weighted by atomic mass is 10.1. The maximum Gasteiger partial charge on any atom is 0.323 e. The van der Waals surface area contributed by atoms with Crippen LogP contribution in [0.15, 0.2) is 46.9 Å². The molecule has 0 heterocycles. The summed E-state index contributed by atoms with van der Waals surface area (Å²) in [5.74, 6) is -0.274. The van der Waals surface area contributed by atoms with Gasteiger partial charge in [0.25, 0.3) is 0 Å². The minimum atomic E-state index is -0.503. The maximum absolute atomic E-state index is 12.2. The Morgan fingerprint density at radius 1 is 1.04 bits per heavy atom. The predicted octanol–water partition coefficient (Wildman–Crippen LogP) is 5.29. The molecular weight excluding hydrogens is 396 g/mol. The molecule has 0 aromatic heterocycles. The van der Waals surface area contributed by atoms with Gasteiger partial charge in [0.2, 0.25) is 0 Å². The second-order valence-corrected chi connectivity index (χ2v) is 7.83. The summed E-state index contributed by atoms with van der Waals surface area (Å²) in [5, 5.41) is 5.61. The first-order chi connectivity index (χ1) is 12.1. The van der Waals surface area contributed by atoms with Crippen LogP contribution in [0.3, 0.4) is 0 Å². The van der Waals surface area contributed by atoms with Gasteiger partial charge in [-0.3, -0.25) is 4.79 Å². The van der Waals surface area contributed by atoms with Gasteiger partial charge < -0.3 is 15.4 Å². The topological polar surface area (TPSA) is 67.4 Å². The minimum absolute atomic E-state index is 0.196. The Balaban J connectivity index is 2.00. The normalized spacial score (nSPS) is 11.0. The fraction of sp³-hybridized carbons (Fsp3) is 0.300. The van der Waals surface area contributed by atoms with Gasteiger partial charge in [0.05, 0.1) is 12.1 Å². The number of anilines is 2. The highest BCUT2D eigenvalue weighted by molar-refractivity contribution is 9.10. The molecule has 0 aliphatic rings. The van der Waals surface area contributed by atoms with E-state index in [1.165, 1.54) is 0 Å². The molecule has 2 N–H and O–H groups in total. The number of hydrogen-bond acceptors (Lipinski definition) is 3. The number of carbonyl (C=O) groups excluding carboxylic acids is 2. The summed E-state index contributed by atoms with van der Waals surface area (Å²) in [6, 6.07) is 12.5. The number of hydrogen-bond donors (Lipinski definition) is 2. The van der Waals surface area contributed by atoms with E-state index in [-0.39, 0.29) is 18.4 Å². The molecule has 0 saturated heterocycles. The van der Waals surface area contributed by atoms with Crippen LogP contribution in [0.2, 0.25) is 0 Å². The summed E-state index contributed by atoms with van der Waals surface area (Å²) >= 11 is 3.39. The zero-order chi connectivity index (χ0) is 19.3. The number of amides is 2. The zero-order valence-corrected chi connectivity index (χ0v) is 16.9. The van der Waals surface area contributed by atoms with Crippen molar-refractivity contribution in [3.05, 3.63) is 58.1 Å². The summed E-state index contributed by atoms with van der Waals surface area (Å²) in [5.41, 5.74) is 2.57. The third-order valence-electron chi connectivity index (χ3n) is 3.43. The number of benzene rings is 2. The first-order valence-corrected chi connectivity index (χ1v) is 9.07. The zero-order valence-electron chi connectivity index (χ0n) is 15.4. The molecule has 2 aromatic carbocycles. The van der Waals surface area contributed by atoms with E-state index in [9.17, 15) is 9.59 Å². The second kappa shape index (κ2) is 8.36. The Hall–Kier alpha value is -2.34. The average Bonchev–Trinajstić information content (AvgIpc) is 2.50. The van der Waals surface area contributed by atoms with E-state index in [2.05, 4.69) is 26.6 Å². The monoisotopic (exact) mass is 418 g/mol. The van der Waals surface area contributed by atoms with Crippen LogP contribution in [-0.2, 0) is 16.0 Å². The van der Waals surface area contributed by atoms with Crippen molar-refractivity contribution >= 4 is 39.3 Å². The molecule has 2 amide bonds. The number of ether oxygens (including phenoxy) is 1. The summed E-state index contributed by atoms with van der Waals surface area (Å²) in [4.78, 5) is 24.1. The molecule has 0 spiro atoms. The van der Waals surface area contributed by atoms with Crippen molar-refractivity contribution in [2.75, 3.05) is 10.6 Å². The molecule has 0 saturated carbocycles. The van der Waals surface area contributed by atoms with Crippen LogP contribution in [-0.4, -0.2) is 17.6 Å². The molecule has 0 aliphatic heterocycles. The molecule has 138 valence electrons. The molecule has 0 aliphatic carbocycles. The number of nitrogens with one attached hydrogen (secondary N) is 2. The first kappa shape index (κ1) is 20.0. The fourth-order valence-corrected chi connectivity index (χ4v) is 2.74. The van der Waals surface area contributed by atoms with Crippen LogP contribution in [0.25, 0.3) is 0 Å². The highest BCUT2D eigenvalue weighted by Crippen LogP contribution is 2.22. The summed E-state index contributed by atoms with van der Waals surface area (Å²) in [6.45, 7) is 7.40. The molecule has 26 heavy (non-hydrogen) atoms.